The van der Waals surface area contributed by atoms with Gasteiger partial charge in [0, 0.05) is 12.4 Å². The van der Waals surface area contributed by atoms with Gasteiger partial charge in [-0.2, -0.15) is 0 Å². The predicted molar refractivity (Wildman–Crippen MR) is 85.0 cm³/mol. The van der Waals surface area contributed by atoms with Crippen molar-refractivity contribution in [3.8, 4) is 16.4 Å². The van der Waals surface area contributed by atoms with Gasteiger partial charge >= 0.3 is 0 Å². The minimum absolute atomic E-state index is 0.739. The zero-order valence-corrected chi connectivity index (χ0v) is 12.3. The normalized spacial score (nSPS) is 11.1. The van der Waals surface area contributed by atoms with Gasteiger partial charge in [-0.25, -0.2) is 9.97 Å². The summed E-state index contributed by atoms with van der Waals surface area (Å²) >= 11 is 7.56. The summed E-state index contributed by atoms with van der Waals surface area (Å²) in [6, 6.07) is 11.6. The van der Waals surface area contributed by atoms with Crippen molar-refractivity contribution in [1.82, 2.24) is 19.5 Å². The van der Waals surface area contributed by atoms with E-state index in [1.54, 1.807) is 18.6 Å². The third-order valence-electron chi connectivity index (χ3n) is 3.11. The standard InChI is InChI=1S/C15H9ClN4S/c16-13-6-5-12(21-13)15-19-11-4-2-8-18-14(11)20(15)10-3-1-7-17-9-10/h1-9H. The van der Waals surface area contributed by atoms with E-state index >= 15 is 0 Å². The Morgan fingerprint density at radius 3 is 2.71 bits per heavy atom. The molecular formula is C15H9ClN4S. The molecule has 0 radical (unpaired) electrons. The van der Waals surface area contributed by atoms with Crippen molar-refractivity contribution in [2.24, 2.45) is 0 Å². The molecule has 0 spiro atoms. The first-order chi connectivity index (χ1) is 10.3. The van der Waals surface area contributed by atoms with Crippen molar-refractivity contribution in [1.29, 1.82) is 0 Å². The van der Waals surface area contributed by atoms with Crippen molar-refractivity contribution in [2.75, 3.05) is 0 Å². The van der Waals surface area contributed by atoms with Crippen LogP contribution in [-0.4, -0.2) is 19.5 Å². The zero-order chi connectivity index (χ0) is 14.2. The summed E-state index contributed by atoms with van der Waals surface area (Å²) in [5.74, 6) is 0.827. The minimum Gasteiger partial charge on any atom is -0.274 e. The average Bonchev–Trinajstić information content (AvgIpc) is 3.11. The number of fused-ring (bicyclic) bond motifs is 1. The number of hydrogen-bond donors (Lipinski definition) is 0. The Morgan fingerprint density at radius 1 is 1.05 bits per heavy atom. The van der Waals surface area contributed by atoms with E-state index in [2.05, 4.69) is 9.97 Å². The topological polar surface area (TPSA) is 43.6 Å². The Kier molecular flexibility index (Phi) is 2.94. The number of imidazole rings is 1. The summed E-state index contributed by atoms with van der Waals surface area (Å²) in [5, 5.41) is 0. The summed E-state index contributed by atoms with van der Waals surface area (Å²) < 4.78 is 2.74. The van der Waals surface area contributed by atoms with Gasteiger partial charge in [-0.05, 0) is 36.4 Å². The lowest BCUT2D eigenvalue weighted by molar-refractivity contribution is 1.06. The fourth-order valence-corrected chi connectivity index (χ4v) is 3.27. The Hall–Kier alpha value is -2.24. The highest BCUT2D eigenvalue weighted by molar-refractivity contribution is 7.19. The quantitative estimate of drug-likeness (QED) is 0.557. The first-order valence-electron chi connectivity index (χ1n) is 6.32. The average molecular weight is 313 g/mol. The largest absolute Gasteiger partial charge is 0.274 e. The van der Waals surface area contributed by atoms with Crippen LogP contribution in [0.25, 0.3) is 27.6 Å². The number of hydrogen-bond acceptors (Lipinski definition) is 4. The van der Waals surface area contributed by atoms with Crippen LogP contribution in [0.5, 0.6) is 0 Å². The van der Waals surface area contributed by atoms with Crippen molar-refractivity contribution in [3.05, 3.63) is 59.3 Å². The van der Waals surface area contributed by atoms with Crippen LogP contribution in [0, 0.1) is 0 Å². The number of rotatable bonds is 2. The lowest BCUT2D eigenvalue weighted by Crippen LogP contribution is -1.98. The van der Waals surface area contributed by atoms with Crippen LogP contribution in [0.4, 0.5) is 0 Å². The van der Waals surface area contributed by atoms with Crippen molar-refractivity contribution in [2.45, 2.75) is 0 Å². The van der Waals surface area contributed by atoms with Gasteiger partial charge in [0.2, 0.25) is 0 Å². The van der Waals surface area contributed by atoms with Crippen LogP contribution in [0.1, 0.15) is 0 Å². The van der Waals surface area contributed by atoms with Gasteiger partial charge in [0.1, 0.15) is 5.52 Å². The van der Waals surface area contributed by atoms with Gasteiger partial charge in [-0.3, -0.25) is 9.55 Å². The molecule has 4 aromatic heterocycles. The van der Waals surface area contributed by atoms with Crippen molar-refractivity contribution < 1.29 is 0 Å². The molecule has 4 heterocycles. The van der Waals surface area contributed by atoms with E-state index in [-0.39, 0.29) is 0 Å². The smallest absolute Gasteiger partial charge is 0.165 e. The van der Waals surface area contributed by atoms with Gasteiger partial charge in [0.15, 0.2) is 11.5 Å². The molecule has 0 fully saturated rings. The van der Waals surface area contributed by atoms with Crippen molar-refractivity contribution >= 4 is 34.1 Å². The molecule has 6 heteroatoms. The maximum Gasteiger partial charge on any atom is 0.165 e. The SMILES string of the molecule is Clc1ccc(-c2nc3cccnc3n2-c2cccnc2)s1. The van der Waals surface area contributed by atoms with Gasteiger partial charge in [-0.1, -0.05) is 11.6 Å². The summed E-state index contributed by atoms with van der Waals surface area (Å²) in [6.07, 6.45) is 5.31. The molecule has 0 bridgehead atoms. The molecular weight excluding hydrogens is 304 g/mol. The second-order valence-corrected chi connectivity index (χ2v) is 6.15. The van der Waals surface area contributed by atoms with Gasteiger partial charge in [-0.15, -0.1) is 11.3 Å². The molecule has 0 aliphatic rings. The van der Waals surface area contributed by atoms with Crippen LogP contribution < -0.4 is 0 Å². The molecule has 102 valence electrons. The molecule has 4 rings (SSSR count). The molecule has 21 heavy (non-hydrogen) atoms. The van der Waals surface area contributed by atoms with E-state index in [1.807, 2.05) is 41.0 Å². The van der Waals surface area contributed by atoms with Crippen molar-refractivity contribution in [3.63, 3.8) is 0 Å². The van der Waals surface area contributed by atoms with E-state index in [1.165, 1.54) is 11.3 Å². The molecule has 0 aliphatic heterocycles. The maximum absolute atomic E-state index is 6.06. The summed E-state index contributed by atoms with van der Waals surface area (Å²) in [7, 11) is 0. The molecule has 0 saturated heterocycles. The van der Waals surface area contributed by atoms with Crippen LogP contribution in [0.2, 0.25) is 4.34 Å². The zero-order valence-electron chi connectivity index (χ0n) is 10.8. The molecule has 4 nitrogen and oxygen atoms in total. The number of thiophene rings is 1. The van der Waals surface area contributed by atoms with E-state index in [0.717, 1.165) is 31.9 Å². The molecule has 0 unspecified atom stereocenters. The summed E-state index contributed by atoms with van der Waals surface area (Å²) in [6.45, 7) is 0. The highest BCUT2D eigenvalue weighted by Crippen LogP contribution is 2.33. The Labute approximate surface area is 129 Å². The number of aromatic nitrogens is 4. The van der Waals surface area contributed by atoms with Gasteiger partial charge in [0.25, 0.3) is 0 Å². The number of pyridine rings is 2. The third-order valence-corrected chi connectivity index (χ3v) is 4.34. The lowest BCUT2D eigenvalue weighted by Gasteiger charge is -2.06. The molecule has 0 aromatic carbocycles. The predicted octanol–water partition coefficient (Wildman–Crippen LogP) is 4.20. The lowest BCUT2D eigenvalue weighted by atomic mass is 10.3. The van der Waals surface area contributed by atoms with E-state index in [4.69, 9.17) is 16.6 Å². The number of halogens is 1. The second-order valence-electron chi connectivity index (χ2n) is 4.43. The van der Waals surface area contributed by atoms with Crippen LogP contribution in [0.15, 0.2) is 55.0 Å². The van der Waals surface area contributed by atoms with Crippen LogP contribution >= 0.6 is 22.9 Å². The van der Waals surface area contributed by atoms with Gasteiger partial charge in [0.05, 0.1) is 21.1 Å². The van der Waals surface area contributed by atoms with Crippen LogP contribution in [-0.2, 0) is 0 Å². The highest BCUT2D eigenvalue weighted by Gasteiger charge is 2.16. The molecule has 4 aromatic rings. The molecule has 0 N–H and O–H groups in total. The Balaban J connectivity index is 2.06. The fourth-order valence-electron chi connectivity index (χ4n) is 2.24. The fraction of sp³-hybridized carbons (Fsp3) is 0. The molecule has 0 saturated carbocycles. The first kappa shape index (κ1) is 12.5. The molecule has 0 atom stereocenters. The second kappa shape index (κ2) is 4.95. The minimum atomic E-state index is 0.739. The monoisotopic (exact) mass is 312 g/mol. The molecule has 0 amide bonds. The highest BCUT2D eigenvalue weighted by atomic mass is 35.5. The van der Waals surface area contributed by atoms with E-state index in [9.17, 15) is 0 Å². The Morgan fingerprint density at radius 2 is 1.95 bits per heavy atom. The van der Waals surface area contributed by atoms with E-state index in [0.29, 0.717) is 0 Å². The maximum atomic E-state index is 6.06. The first-order valence-corrected chi connectivity index (χ1v) is 7.52. The third kappa shape index (κ3) is 2.11. The number of nitrogens with zero attached hydrogens (tertiary/aromatic N) is 4. The van der Waals surface area contributed by atoms with Gasteiger partial charge < -0.3 is 0 Å². The summed E-state index contributed by atoms with van der Waals surface area (Å²) in [4.78, 5) is 14.3. The molecule has 0 aliphatic carbocycles. The summed E-state index contributed by atoms with van der Waals surface area (Å²) in [5.41, 5.74) is 2.59. The Bertz CT molecular complexity index is 914. The van der Waals surface area contributed by atoms with Crippen LogP contribution in [0.3, 0.4) is 0 Å². The van der Waals surface area contributed by atoms with E-state index < -0.39 is 0 Å².